The van der Waals surface area contributed by atoms with Crippen LogP contribution < -0.4 is 10.5 Å². The molecule has 6 nitrogen and oxygen atoms in total. The van der Waals surface area contributed by atoms with Gasteiger partial charge in [0.15, 0.2) is 0 Å². The molecule has 0 saturated carbocycles. The van der Waals surface area contributed by atoms with Crippen LogP contribution in [0.25, 0.3) is 4.96 Å². The molecule has 1 aliphatic heterocycles. The van der Waals surface area contributed by atoms with Gasteiger partial charge in [-0.2, -0.15) is 9.61 Å². The molecule has 1 aromatic carbocycles. The van der Waals surface area contributed by atoms with Crippen LogP contribution in [0, 0.1) is 6.92 Å². The van der Waals surface area contributed by atoms with Gasteiger partial charge in [-0.1, -0.05) is 29.5 Å². The molecule has 0 unspecified atom stereocenters. The van der Waals surface area contributed by atoms with Crippen molar-refractivity contribution < 1.29 is 0 Å². The van der Waals surface area contributed by atoms with Gasteiger partial charge < -0.3 is 4.90 Å². The molecule has 7 heteroatoms. The minimum absolute atomic E-state index is 0.103. The SMILES string of the molecule is Cc1cc(=O)n2nc(CN3CCN(c4ccccc4)CC3)sc2n1. The molecule has 4 rings (SSSR count). The maximum absolute atomic E-state index is 12.0. The topological polar surface area (TPSA) is 53.7 Å². The maximum Gasteiger partial charge on any atom is 0.275 e. The first kappa shape index (κ1) is 15.3. The minimum atomic E-state index is -0.103. The van der Waals surface area contributed by atoms with E-state index >= 15 is 0 Å². The Hall–Kier alpha value is -2.25. The van der Waals surface area contributed by atoms with Crippen molar-refractivity contribution >= 4 is 22.0 Å². The van der Waals surface area contributed by atoms with E-state index in [0.717, 1.165) is 43.4 Å². The highest BCUT2D eigenvalue weighted by Crippen LogP contribution is 2.18. The predicted octanol–water partition coefficient (Wildman–Crippen LogP) is 1.78. The molecule has 3 aromatic rings. The van der Waals surface area contributed by atoms with E-state index in [9.17, 15) is 4.79 Å². The summed E-state index contributed by atoms with van der Waals surface area (Å²) in [6.07, 6.45) is 0. The molecule has 0 atom stereocenters. The van der Waals surface area contributed by atoms with E-state index in [2.05, 4.69) is 44.1 Å². The summed E-state index contributed by atoms with van der Waals surface area (Å²) < 4.78 is 1.41. The van der Waals surface area contributed by atoms with Crippen molar-refractivity contribution in [3.8, 4) is 0 Å². The summed E-state index contributed by atoms with van der Waals surface area (Å²) in [5.74, 6) is 0. The van der Waals surface area contributed by atoms with E-state index in [1.165, 1.54) is 27.6 Å². The molecule has 0 N–H and O–H groups in total. The molecule has 24 heavy (non-hydrogen) atoms. The second kappa shape index (κ2) is 6.33. The highest BCUT2D eigenvalue weighted by Gasteiger charge is 2.19. The Bertz CT molecular complexity index is 896. The van der Waals surface area contributed by atoms with Gasteiger partial charge in [0, 0.05) is 43.6 Å². The molecule has 2 aromatic heterocycles. The van der Waals surface area contributed by atoms with Gasteiger partial charge >= 0.3 is 0 Å². The Morgan fingerprint density at radius 1 is 1.12 bits per heavy atom. The summed E-state index contributed by atoms with van der Waals surface area (Å²) in [5.41, 5.74) is 1.92. The molecule has 0 amide bonds. The van der Waals surface area contributed by atoms with Crippen LogP contribution in [0.15, 0.2) is 41.2 Å². The first-order chi connectivity index (χ1) is 11.7. The summed E-state index contributed by atoms with van der Waals surface area (Å²) in [6, 6.07) is 12.0. The minimum Gasteiger partial charge on any atom is -0.369 e. The second-order valence-electron chi connectivity index (χ2n) is 6.02. The molecule has 0 radical (unpaired) electrons. The monoisotopic (exact) mass is 341 g/mol. The van der Waals surface area contributed by atoms with Crippen molar-refractivity contribution in [3.05, 3.63) is 57.5 Å². The highest BCUT2D eigenvalue weighted by molar-refractivity contribution is 7.16. The largest absolute Gasteiger partial charge is 0.369 e. The number of hydrogen-bond donors (Lipinski definition) is 0. The van der Waals surface area contributed by atoms with Gasteiger partial charge in [-0.25, -0.2) is 4.98 Å². The normalized spacial score (nSPS) is 16.0. The van der Waals surface area contributed by atoms with Gasteiger partial charge in [0.25, 0.3) is 5.56 Å². The zero-order chi connectivity index (χ0) is 16.5. The van der Waals surface area contributed by atoms with Crippen LogP contribution in [0.2, 0.25) is 0 Å². The third-order valence-electron chi connectivity index (χ3n) is 4.27. The van der Waals surface area contributed by atoms with Crippen LogP contribution in [-0.2, 0) is 6.54 Å². The number of aryl methyl sites for hydroxylation is 1. The standard InChI is InChI=1S/C17H19N5OS/c1-13-11-16(23)22-17(18-13)24-15(19-22)12-20-7-9-21(10-8-20)14-5-3-2-4-6-14/h2-6,11H,7-10,12H2,1H3. The van der Waals surface area contributed by atoms with Crippen molar-refractivity contribution in [1.29, 1.82) is 0 Å². The van der Waals surface area contributed by atoms with Gasteiger partial charge in [-0.05, 0) is 19.1 Å². The summed E-state index contributed by atoms with van der Waals surface area (Å²) in [6.45, 7) is 6.61. The lowest BCUT2D eigenvalue weighted by Crippen LogP contribution is -2.45. The number of aromatic nitrogens is 3. The van der Waals surface area contributed by atoms with Gasteiger partial charge in [0.2, 0.25) is 4.96 Å². The lowest BCUT2D eigenvalue weighted by Gasteiger charge is -2.35. The number of piperazine rings is 1. The lowest BCUT2D eigenvalue weighted by molar-refractivity contribution is 0.249. The van der Waals surface area contributed by atoms with Crippen LogP contribution in [0.1, 0.15) is 10.7 Å². The van der Waals surface area contributed by atoms with Gasteiger partial charge in [-0.15, -0.1) is 0 Å². The van der Waals surface area contributed by atoms with E-state index in [0.29, 0.717) is 4.96 Å². The number of para-hydroxylation sites is 1. The van der Waals surface area contributed by atoms with Crippen molar-refractivity contribution in [1.82, 2.24) is 19.5 Å². The lowest BCUT2D eigenvalue weighted by atomic mass is 10.2. The van der Waals surface area contributed by atoms with Crippen molar-refractivity contribution in [2.24, 2.45) is 0 Å². The molecule has 124 valence electrons. The fourth-order valence-corrected chi connectivity index (χ4v) is 4.01. The number of hydrogen-bond acceptors (Lipinski definition) is 6. The molecule has 0 aliphatic carbocycles. The summed E-state index contributed by atoms with van der Waals surface area (Å²) in [7, 11) is 0. The van der Waals surface area contributed by atoms with Crippen LogP contribution in [0.4, 0.5) is 5.69 Å². The molecule has 1 aliphatic rings. The third kappa shape index (κ3) is 3.05. The van der Waals surface area contributed by atoms with Crippen LogP contribution in [-0.4, -0.2) is 45.7 Å². The first-order valence-corrected chi connectivity index (χ1v) is 8.89. The number of anilines is 1. The molecular weight excluding hydrogens is 322 g/mol. The summed E-state index contributed by atoms with van der Waals surface area (Å²) in [4.78, 5) is 21.8. The summed E-state index contributed by atoms with van der Waals surface area (Å²) in [5, 5.41) is 5.37. The number of nitrogens with zero attached hydrogens (tertiary/aromatic N) is 5. The van der Waals surface area contributed by atoms with Crippen LogP contribution in [0.3, 0.4) is 0 Å². The molecular formula is C17H19N5OS. The molecule has 0 bridgehead atoms. The van der Waals surface area contributed by atoms with E-state index in [1.807, 2.05) is 13.0 Å². The first-order valence-electron chi connectivity index (χ1n) is 8.08. The fourth-order valence-electron chi connectivity index (χ4n) is 3.02. The summed E-state index contributed by atoms with van der Waals surface area (Å²) >= 11 is 1.50. The quantitative estimate of drug-likeness (QED) is 0.727. The third-order valence-corrected chi connectivity index (χ3v) is 5.16. The average molecular weight is 341 g/mol. The second-order valence-corrected chi connectivity index (χ2v) is 7.07. The van der Waals surface area contributed by atoms with Gasteiger partial charge in [0.1, 0.15) is 5.01 Å². The molecule has 1 fully saturated rings. The smallest absolute Gasteiger partial charge is 0.275 e. The number of benzene rings is 1. The van der Waals surface area contributed by atoms with E-state index in [-0.39, 0.29) is 5.56 Å². The Kier molecular flexibility index (Phi) is 4.03. The average Bonchev–Trinajstić information content (AvgIpc) is 2.99. The van der Waals surface area contributed by atoms with Crippen molar-refractivity contribution in [2.75, 3.05) is 31.1 Å². The van der Waals surface area contributed by atoms with E-state index in [1.54, 1.807) is 0 Å². The Labute approximate surface area is 144 Å². The molecule has 3 heterocycles. The van der Waals surface area contributed by atoms with E-state index < -0.39 is 0 Å². The highest BCUT2D eigenvalue weighted by atomic mass is 32.1. The molecule has 1 saturated heterocycles. The van der Waals surface area contributed by atoms with E-state index in [4.69, 9.17) is 0 Å². The maximum atomic E-state index is 12.0. The number of fused-ring (bicyclic) bond motifs is 1. The zero-order valence-electron chi connectivity index (χ0n) is 13.6. The number of rotatable bonds is 3. The van der Waals surface area contributed by atoms with Crippen molar-refractivity contribution in [2.45, 2.75) is 13.5 Å². The fraction of sp³-hybridized carbons (Fsp3) is 0.353. The Balaban J connectivity index is 1.44. The Morgan fingerprint density at radius 3 is 2.62 bits per heavy atom. The van der Waals surface area contributed by atoms with Crippen LogP contribution >= 0.6 is 11.3 Å². The van der Waals surface area contributed by atoms with Crippen LogP contribution in [0.5, 0.6) is 0 Å². The zero-order valence-corrected chi connectivity index (χ0v) is 14.4. The Morgan fingerprint density at radius 2 is 1.88 bits per heavy atom. The predicted molar refractivity (Wildman–Crippen MR) is 95.8 cm³/mol. The van der Waals surface area contributed by atoms with Crippen molar-refractivity contribution in [3.63, 3.8) is 0 Å². The van der Waals surface area contributed by atoms with Gasteiger partial charge in [0.05, 0.1) is 6.54 Å². The molecule has 0 spiro atoms. The van der Waals surface area contributed by atoms with Gasteiger partial charge in [-0.3, -0.25) is 9.69 Å².